The lowest BCUT2D eigenvalue weighted by Crippen LogP contribution is -2.27. The van der Waals surface area contributed by atoms with Gasteiger partial charge >= 0.3 is 6.09 Å². The predicted molar refractivity (Wildman–Crippen MR) is 82.7 cm³/mol. The van der Waals surface area contributed by atoms with E-state index in [0.29, 0.717) is 12.4 Å². The highest BCUT2D eigenvalue weighted by Gasteiger charge is 2.18. The first-order chi connectivity index (χ1) is 10.2. The van der Waals surface area contributed by atoms with Gasteiger partial charge in [-0.1, -0.05) is 43.5 Å². The molecule has 1 aromatic rings. The summed E-state index contributed by atoms with van der Waals surface area (Å²) in [4.78, 5) is 15.5. The third-order valence-corrected chi connectivity index (χ3v) is 3.86. The minimum atomic E-state index is -0.610. The van der Waals surface area contributed by atoms with Crippen molar-refractivity contribution in [2.75, 3.05) is 0 Å². The van der Waals surface area contributed by atoms with E-state index in [4.69, 9.17) is 16.2 Å². The van der Waals surface area contributed by atoms with E-state index in [1.807, 2.05) is 24.3 Å². The van der Waals surface area contributed by atoms with Gasteiger partial charge in [-0.25, -0.2) is 4.79 Å². The topological polar surface area (TPSA) is 90.7 Å². The largest absolute Gasteiger partial charge is 0.443 e. The molecule has 0 radical (unpaired) electrons. The number of amides is 1. The van der Waals surface area contributed by atoms with Gasteiger partial charge in [0.2, 0.25) is 0 Å². The van der Waals surface area contributed by atoms with Crippen LogP contribution >= 0.6 is 0 Å². The Bertz CT molecular complexity index is 491. The number of nitrogens with two attached hydrogens (primary N) is 2. The molecule has 0 atom stereocenters. The van der Waals surface area contributed by atoms with Gasteiger partial charge in [0, 0.05) is 12.5 Å². The summed E-state index contributed by atoms with van der Waals surface area (Å²) in [6.45, 7) is 0.702. The number of nitrogens with zero attached hydrogens (tertiary/aromatic N) is 1. The summed E-state index contributed by atoms with van der Waals surface area (Å²) in [6, 6.07) is 7.62. The van der Waals surface area contributed by atoms with Crippen LogP contribution in [0.4, 0.5) is 4.79 Å². The van der Waals surface area contributed by atoms with E-state index in [1.165, 1.54) is 6.42 Å². The smallest absolute Gasteiger partial charge is 0.435 e. The normalized spacial score (nSPS) is 16.7. The van der Waals surface area contributed by atoms with Crippen LogP contribution in [0.3, 0.4) is 0 Å². The second kappa shape index (κ2) is 7.78. The molecule has 0 bridgehead atoms. The average molecular weight is 289 g/mol. The molecule has 5 heteroatoms. The van der Waals surface area contributed by atoms with E-state index >= 15 is 0 Å². The quantitative estimate of drug-likeness (QED) is 0.658. The minimum absolute atomic E-state index is 0.200. The van der Waals surface area contributed by atoms with Crippen molar-refractivity contribution in [2.45, 2.75) is 45.3 Å². The first-order valence-corrected chi connectivity index (χ1v) is 7.47. The van der Waals surface area contributed by atoms with Crippen molar-refractivity contribution >= 4 is 11.9 Å². The molecule has 2 rings (SSSR count). The van der Waals surface area contributed by atoms with E-state index in [2.05, 4.69) is 4.99 Å². The summed E-state index contributed by atoms with van der Waals surface area (Å²) < 4.78 is 5.13. The maximum Gasteiger partial charge on any atom is 0.435 e. The van der Waals surface area contributed by atoms with Crippen LogP contribution in [0.2, 0.25) is 0 Å². The summed E-state index contributed by atoms with van der Waals surface area (Å²) in [5.74, 6) is 0.647. The first-order valence-electron chi connectivity index (χ1n) is 7.47. The molecule has 1 aromatic carbocycles. The van der Waals surface area contributed by atoms with Crippen LogP contribution in [0.15, 0.2) is 29.3 Å². The molecule has 0 saturated heterocycles. The number of rotatable bonds is 4. The van der Waals surface area contributed by atoms with Gasteiger partial charge in [-0.15, -0.1) is 0 Å². The number of hydrogen-bond acceptors (Lipinski definition) is 3. The Morgan fingerprint density at radius 2 is 1.76 bits per heavy atom. The van der Waals surface area contributed by atoms with Gasteiger partial charge < -0.3 is 16.2 Å². The predicted octanol–water partition coefficient (Wildman–Crippen LogP) is 2.72. The molecule has 1 saturated carbocycles. The van der Waals surface area contributed by atoms with Crippen LogP contribution in [0, 0.1) is 5.92 Å². The van der Waals surface area contributed by atoms with Gasteiger partial charge in [0.15, 0.2) is 0 Å². The van der Waals surface area contributed by atoms with Gasteiger partial charge in [0.05, 0.1) is 0 Å². The maximum atomic E-state index is 11.7. The van der Waals surface area contributed by atoms with Crippen molar-refractivity contribution in [3.05, 3.63) is 35.4 Å². The monoisotopic (exact) mass is 289 g/mol. The molecular formula is C16H23N3O2. The number of carbonyl (C=O) groups is 1. The van der Waals surface area contributed by atoms with Crippen LogP contribution in [0.1, 0.15) is 43.2 Å². The fourth-order valence-corrected chi connectivity index (χ4v) is 2.54. The van der Waals surface area contributed by atoms with E-state index < -0.39 is 6.09 Å². The third-order valence-electron chi connectivity index (χ3n) is 3.86. The molecule has 4 N–H and O–H groups in total. The second-order valence-electron chi connectivity index (χ2n) is 5.45. The van der Waals surface area contributed by atoms with Crippen LogP contribution < -0.4 is 11.5 Å². The molecule has 0 aliphatic heterocycles. The van der Waals surface area contributed by atoms with Crippen molar-refractivity contribution in [2.24, 2.45) is 22.4 Å². The zero-order valence-electron chi connectivity index (χ0n) is 12.3. The van der Waals surface area contributed by atoms with E-state index in [9.17, 15) is 4.79 Å². The van der Waals surface area contributed by atoms with Gasteiger partial charge in [-0.05, 0) is 24.0 Å². The van der Waals surface area contributed by atoms with E-state index in [0.717, 1.165) is 36.8 Å². The fourth-order valence-electron chi connectivity index (χ4n) is 2.54. The Balaban J connectivity index is 1.82. The van der Waals surface area contributed by atoms with Crippen molar-refractivity contribution in [3.63, 3.8) is 0 Å². The Labute approximate surface area is 125 Å². The Morgan fingerprint density at radius 1 is 1.14 bits per heavy atom. The molecule has 1 amide bonds. The number of aliphatic imine (C=N–C) groups is 1. The van der Waals surface area contributed by atoms with Crippen molar-refractivity contribution in [1.29, 1.82) is 0 Å². The van der Waals surface area contributed by atoms with Crippen molar-refractivity contribution < 1.29 is 9.53 Å². The van der Waals surface area contributed by atoms with Gasteiger partial charge in [-0.2, -0.15) is 4.99 Å². The average Bonchev–Trinajstić information content (AvgIpc) is 2.54. The van der Waals surface area contributed by atoms with Crippen molar-refractivity contribution in [1.82, 2.24) is 0 Å². The molecule has 0 aromatic heterocycles. The number of carbonyl (C=O) groups excluding carboxylic acids is 1. The van der Waals surface area contributed by atoms with Crippen LogP contribution in [-0.4, -0.2) is 11.9 Å². The first kappa shape index (κ1) is 15.5. The third kappa shape index (κ3) is 4.86. The van der Waals surface area contributed by atoms with Gasteiger partial charge in [0.25, 0.3) is 0 Å². The lowest BCUT2D eigenvalue weighted by Gasteiger charge is -2.20. The lowest BCUT2D eigenvalue weighted by molar-refractivity contribution is 0.150. The zero-order chi connectivity index (χ0) is 15.1. The maximum absolute atomic E-state index is 11.7. The zero-order valence-corrected chi connectivity index (χ0v) is 12.3. The Hall–Kier alpha value is -1.88. The van der Waals surface area contributed by atoms with Gasteiger partial charge in [-0.3, -0.25) is 0 Å². The molecule has 5 nitrogen and oxygen atoms in total. The Kier molecular flexibility index (Phi) is 5.75. The summed E-state index contributed by atoms with van der Waals surface area (Å²) in [7, 11) is 0. The number of benzene rings is 1. The standard InChI is InChI=1S/C16H23N3O2/c17-10-12-6-8-13(9-7-12)11-21-16(20)19-15(18)14-4-2-1-3-5-14/h6-9,14H,1-5,10-11,17H2,(H2,18,19,20). The molecule has 0 unspecified atom stereocenters. The molecule has 114 valence electrons. The summed E-state index contributed by atoms with van der Waals surface area (Å²) >= 11 is 0. The molecule has 1 aliphatic carbocycles. The highest BCUT2D eigenvalue weighted by atomic mass is 16.5. The minimum Gasteiger partial charge on any atom is -0.443 e. The van der Waals surface area contributed by atoms with E-state index in [1.54, 1.807) is 0 Å². The molecule has 0 heterocycles. The van der Waals surface area contributed by atoms with Gasteiger partial charge in [0.1, 0.15) is 12.4 Å². The van der Waals surface area contributed by atoms with Crippen LogP contribution in [-0.2, 0) is 17.9 Å². The van der Waals surface area contributed by atoms with Crippen molar-refractivity contribution in [3.8, 4) is 0 Å². The van der Waals surface area contributed by atoms with E-state index in [-0.39, 0.29) is 12.5 Å². The summed E-state index contributed by atoms with van der Waals surface area (Å²) in [5.41, 5.74) is 13.4. The molecule has 1 fully saturated rings. The summed E-state index contributed by atoms with van der Waals surface area (Å²) in [5, 5.41) is 0. The number of ether oxygens (including phenoxy) is 1. The molecule has 0 spiro atoms. The SMILES string of the molecule is NCc1ccc(COC(=O)N=C(N)C2CCCCC2)cc1. The van der Waals surface area contributed by atoms with Crippen LogP contribution in [0.25, 0.3) is 0 Å². The molecule has 21 heavy (non-hydrogen) atoms. The van der Waals surface area contributed by atoms with Crippen LogP contribution in [0.5, 0.6) is 0 Å². The summed E-state index contributed by atoms with van der Waals surface area (Å²) in [6.07, 6.45) is 4.98. The highest BCUT2D eigenvalue weighted by molar-refractivity contribution is 5.92. The molecule has 1 aliphatic rings. The lowest BCUT2D eigenvalue weighted by atomic mass is 9.88. The second-order valence-corrected chi connectivity index (χ2v) is 5.45. The molecular weight excluding hydrogens is 266 g/mol. The highest BCUT2D eigenvalue weighted by Crippen LogP contribution is 2.23. The fraction of sp³-hybridized carbons (Fsp3) is 0.500. The number of hydrogen-bond donors (Lipinski definition) is 2. The Morgan fingerprint density at radius 3 is 2.38 bits per heavy atom. The number of amidine groups is 1.